The molecule has 0 saturated heterocycles. The molecule has 1 unspecified atom stereocenters. The van der Waals surface area contributed by atoms with Crippen LogP contribution in [0.4, 0.5) is 10.5 Å². The van der Waals surface area contributed by atoms with Crippen molar-refractivity contribution in [2.75, 3.05) is 6.54 Å². The summed E-state index contributed by atoms with van der Waals surface area (Å²) >= 11 is 6.60. The van der Waals surface area contributed by atoms with E-state index in [9.17, 15) is 37.7 Å². The summed E-state index contributed by atoms with van der Waals surface area (Å²) in [5.74, 6) is -2.37. The summed E-state index contributed by atoms with van der Waals surface area (Å²) in [5, 5.41) is 14.2. The molecule has 0 aliphatic rings. The van der Waals surface area contributed by atoms with Crippen LogP contribution in [-0.2, 0) is 49.0 Å². The highest BCUT2D eigenvalue weighted by Crippen LogP contribution is 2.38. The zero-order chi connectivity index (χ0) is 42.6. The molecule has 57 heavy (non-hydrogen) atoms. The quantitative estimate of drug-likeness (QED) is 0.0432. The molecule has 0 aliphatic heterocycles. The number of para-hydroxylation sites is 1. The van der Waals surface area contributed by atoms with Gasteiger partial charge >= 0.3 is 24.0 Å². The fourth-order valence-electron chi connectivity index (χ4n) is 5.54. The molecule has 1 amide bonds. The molecular formula is C40H50ClN3O12S. The van der Waals surface area contributed by atoms with Crippen LogP contribution >= 0.6 is 11.6 Å². The van der Waals surface area contributed by atoms with Gasteiger partial charge in [-0.15, -0.1) is 0 Å². The number of sulfonamides is 1. The van der Waals surface area contributed by atoms with E-state index in [4.69, 9.17) is 30.5 Å². The van der Waals surface area contributed by atoms with Crippen LogP contribution in [0.5, 0.6) is 0 Å². The van der Waals surface area contributed by atoms with Crippen molar-refractivity contribution in [3.05, 3.63) is 105 Å². The lowest BCUT2D eigenvalue weighted by Gasteiger charge is -2.33. The number of halogens is 1. The van der Waals surface area contributed by atoms with Gasteiger partial charge < -0.3 is 24.3 Å². The Morgan fingerprint density at radius 1 is 0.772 bits per heavy atom. The number of esters is 3. The van der Waals surface area contributed by atoms with Crippen molar-refractivity contribution in [2.45, 2.75) is 114 Å². The number of hydrogen-bond acceptors (Lipinski definition) is 12. The van der Waals surface area contributed by atoms with Gasteiger partial charge in [-0.3, -0.25) is 14.9 Å². The van der Waals surface area contributed by atoms with Crippen molar-refractivity contribution in [1.82, 2.24) is 10.0 Å². The monoisotopic (exact) mass is 831 g/mol. The van der Waals surface area contributed by atoms with Crippen molar-refractivity contribution >= 4 is 51.3 Å². The first-order chi connectivity index (χ1) is 26.5. The molecule has 0 bridgehead atoms. The summed E-state index contributed by atoms with van der Waals surface area (Å²) in [4.78, 5) is 63.3. The molecule has 310 valence electrons. The molecule has 0 spiro atoms. The molecule has 0 heterocycles. The summed E-state index contributed by atoms with van der Waals surface area (Å²) < 4.78 is 50.9. The summed E-state index contributed by atoms with van der Waals surface area (Å²) in [6.07, 6.45) is -3.12. The summed E-state index contributed by atoms with van der Waals surface area (Å²) in [6.45, 7) is 11.3. The molecule has 0 fully saturated rings. The Kier molecular flexibility index (Phi) is 16.2. The van der Waals surface area contributed by atoms with Gasteiger partial charge in [-0.1, -0.05) is 72.3 Å². The van der Waals surface area contributed by atoms with Gasteiger partial charge in [0.2, 0.25) is 16.1 Å². The number of amides is 1. The van der Waals surface area contributed by atoms with Crippen molar-refractivity contribution in [3.8, 4) is 0 Å². The molecule has 0 saturated carbocycles. The lowest BCUT2D eigenvalue weighted by atomic mass is 9.87. The highest BCUT2D eigenvalue weighted by Gasteiger charge is 2.38. The van der Waals surface area contributed by atoms with E-state index in [1.54, 1.807) is 103 Å². The Hall–Kier alpha value is -5.06. The number of hydrogen-bond donors (Lipinski definition) is 2. The van der Waals surface area contributed by atoms with Gasteiger partial charge in [-0.25, -0.2) is 27.5 Å². The Balaban J connectivity index is 1.89. The van der Waals surface area contributed by atoms with Gasteiger partial charge in [-0.2, -0.15) is 0 Å². The van der Waals surface area contributed by atoms with Crippen LogP contribution in [0.3, 0.4) is 0 Å². The standard InChI is InChI=1S/C40H50ClN3O12S/c1-38(2,3)54-34(45)25-15-23-32(36(47)55-39(4,5)6)53-37(48)43-30(21-16-26-42-57(51,52)33-24-14-13-22-31(33)44(49)50)35(46)56-40(7,27-17-9-8-10-18-27)28-19-11-12-20-29(28)41/h8-14,17-20,22,24,30,32,42H,15-16,21,23,25-26H2,1-7H3,(H,43,48)/t30-,32-,40?/m0/s1. The zero-order valence-electron chi connectivity index (χ0n) is 33.0. The molecule has 0 radical (unpaired) electrons. The molecule has 3 aromatic carbocycles. The van der Waals surface area contributed by atoms with E-state index in [1.165, 1.54) is 12.1 Å². The number of nitrogens with zero attached hydrogens (tertiary/aromatic N) is 1. The average molecular weight is 832 g/mol. The van der Waals surface area contributed by atoms with Crippen LogP contribution < -0.4 is 10.0 Å². The lowest BCUT2D eigenvalue weighted by molar-refractivity contribution is -0.387. The van der Waals surface area contributed by atoms with Gasteiger partial charge in [0.25, 0.3) is 5.69 Å². The van der Waals surface area contributed by atoms with Crippen molar-refractivity contribution in [2.24, 2.45) is 0 Å². The van der Waals surface area contributed by atoms with E-state index >= 15 is 0 Å². The first kappa shape index (κ1) is 46.3. The minimum atomic E-state index is -4.37. The van der Waals surface area contributed by atoms with E-state index < -0.39 is 78.5 Å². The topological polar surface area (TPSA) is 207 Å². The number of alkyl carbamates (subject to hydrolysis) is 1. The molecule has 0 aliphatic carbocycles. The van der Waals surface area contributed by atoms with Crippen LogP contribution in [0.2, 0.25) is 5.02 Å². The van der Waals surface area contributed by atoms with Crippen LogP contribution in [0.1, 0.15) is 91.7 Å². The number of nitro benzene ring substituents is 1. The van der Waals surface area contributed by atoms with Crippen molar-refractivity contribution in [1.29, 1.82) is 0 Å². The van der Waals surface area contributed by atoms with E-state index in [0.717, 1.165) is 12.1 Å². The molecule has 15 nitrogen and oxygen atoms in total. The third kappa shape index (κ3) is 14.4. The number of nitrogens with one attached hydrogen (secondary N) is 2. The minimum absolute atomic E-state index is 0.0839. The Bertz CT molecular complexity index is 2000. The highest BCUT2D eigenvalue weighted by molar-refractivity contribution is 7.89. The zero-order valence-corrected chi connectivity index (χ0v) is 34.6. The van der Waals surface area contributed by atoms with Gasteiger partial charge in [0.05, 0.1) is 4.92 Å². The summed E-state index contributed by atoms with van der Waals surface area (Å²) in [7, 11) is -4.37. The fourth-order valence-corrected chi connectivity index (χ4v) is 7.10. The SMILES string of the molecule is CC(C)(C)OC(=O)CCC[C@H](OC(=O)N[C@@H](CCCNS(=O)(=O)c1ccccc1[N+](=O)[O-])C(=O)OC(C)(c1ccccc1)c1ccccc1Cl)C(=O)OC(C)(C)C. The van der Waals surface area contributed by atoms with E-state index in [-0.39, 0.29) is 43.7 Å². The molecular weight excluding hydrogens is 782 g/mol. The van der Waals surface area contributed by atoms with Crippen molar-refractivity contribution in [3.63, 3.8) is 0 Å². The first-order valence-electron chi connectivity index (χ1n) is 18.2. The van der Waals surface area contributed by atoms with Crippen LogP contribution in [0, 0.1) is 10.1 Å². The maximum atomic E-state index is 14.2. The first-order valence-corrected chi connectivity index (χ1v) is 20.1. The Morgan fingerprint density at radius 2 is 1.37 bits per heavy atom. The third-order valence-electron chi connectivity index (χ3n) is 8.09. The predicted octanol–water partition coefficient (Wildman–Crippen LogP) is 7.13. The van der Waals surface area contributed by atoms with E-state index in [2.05, 4.69) is 10.0 Å². The van der Waals surface area contributed by atoms with Gasteiger partial charge in [0, 0.05) is 29.6 Å². The molecule has 3 rings (SSSR count). The number of carbonyl (C=O) groups excluding carboxylic acids is 4. The number of carbonyl (C=O) groups is 4. The van der Waals surface area contributed by atoms with E-state index in [1.807, 2.05) is 0 Å². The molecule has 17 heteroatoms. The average Bonchev–Trinajstić information content (AvgIpc) is 3.11. The number of nitro groups is 1. The summed E-state index contributed by atoms with van der Waals surface area (Å²) in [6, 6.07) is 18.8. The van der Waals surface area contributed by atoms with Gasteiger partial charge in [-0.05, 0) is 91.8 Å². The molecule has 2 N–H and O–H groups in total. The molecule has 0 aromatic heterocycles. The summed E-state index contributed by atoms with van der Waals surface area (Å²) in [5.41, 5.74) is -2.83. The normalized spacial score (nSPS) is 14.0. The second kappa shape index (κ2) is 19.9. The largest absolute Gasteiger partial charge is 0.460 e. The maximum absolute atomic E-state index is 14.2. The van der Waals surface area contributed by atoms with Gasteiger partial charge in [0.15, 0.2) is 10.5 Å². The maximum Gasteiger partial charge on any atom is 0.408 e. The smallest absolute Gasteiger partial charge is 0.408 e. The van der Waals surface area contributed by atoms with Crippen LogP contribution in [-0.4, -0.2) is 67.2 Å². The highest BCUT2D eigenvalue weighted by atomic mass is 35.5. The number of rotatable bonds is 18. The predicted molar refractivity (Wildman–Crippen MR) is 211 cm³/mol. The van der Waals surface area contributed by atoms with Gasteiger partial charge in [0.1, 0.15) is 17.2 Å². The molecule has 3 aromatic rings. The number of benzene rings is 3. The van der Waals surface area contributed by atoms with E-state index in [0.29, 0.717) is 11.1 Å². The Morgan fingerprint density at radius 3 is 1.98 bits per heavy atom. The lowest BCUT2D eigenvalue weighted by Crippen LogP contribution is -2.47. The third-order valence-corrected chi connectivity index (χ3v) is 9.93. The minimum Gasteiger partial charge on any atom is -0.460 e. The van der Waals surface area contributed by atoms with Crippen molar-refractivity contribution < 1.29 is 51.5 Å². The fraction of sp³-hybridized carbons (Fsp3) is 0.450. The number of ether oxygens (including phenoxy) is 4. The van der Waals surface area contributed by atoms with Crippen LogP contribution in [0.15, 0.2) is 83.8 Å². The Labute approximate surface area is 337 Å². The second-order valence-electron chi connectivity index (χ2n) is 15.2. The van der Waals surface area contributed by atoms with Crippen LogP contribution in [0.25, 0.3) is 0 Å². The second-order valence-corrected chi connectivity index (χ2v) is 17.3. The molecule has 3 atom stereocenters.